The molecule has 0 aromatic heterocycles. The molecule has 0 radical (unpaired) electrons. The highest BCUT2D eigenvalue weighted by molar-refractivity contribution is 7.89. The van der Waals surface area contributed by atoms with Gasteiger partial charge >= 0.3 is 0 Å². The minimum atomic E-state index is -3.10. The van der Waals surface area contributed by atoms with Gasteiger partial charge in [0.05, 0.1) is 5.75 Å². The summed E-state index contributed by atoms with van der Waals surface area (Å²) in [5, 5.41) is 3.36. The van der Waals surface area contributed by atoms with Crippen LogP contribution in [0.4, 0.5) is 0 Å². The van der Waals surface area contributed by atoms with Crippen molar-refractivity contribution in [3.05, 3.63) is 0 Å². The van der Waals surface area contributed by atoms with E-state index in [2.05, 4.69) is 5.32 Å². The van der Waals surface area contributed by atoms with Crippen molar-refractivity contribution in [2.45, 2.75) is 12.8 Å². The van der Waals surface area contributed by atoms with Crippen LogP contribution >= 0.6 is 0 Å². The van der Waals surface area contributed by atoms with Gasteiger partial charge in [-0.15, -0.1) is 0 Å². The van der Waals surface area contributed by atoms with Crippen LogP contribution in [0.3, 0.4) is 0 Å². The molecule has 0 aliphatic carbocycles. The summed E-state index contributed by atoms with van der Waals surface area (Å²) in [6.07, 6.45) is 1.96. The second-order valence-corrected chi connectivity index (χ2v) is 7.59. The molecule has 5 nitrogen and oxygen atoms in total. The monoisotopic (exact) mass is 262 g/mol. The lowest BCUT2D eigenvalue weighted by atomic mass is 9.73. The van der Waals surface area contributed by atoms with Crippen LogP contribution in [0.2, 0.25) is 0 Å². The summed E-state index contributed by atoms with van der Waals surface area (Å²) in [5.74, 6) is 0.478. The van der Waals surface area contributed by atoms with E-state index in [4.69, 9.17) is 4.74 Å². The number of hydrogen-bond donors (Lipinski definition) is 1. The van der Waals surface area contributed by atoms with Crippen molar-refractivity contribution in [2.75, 3.05) is 46.2 Å². The predicted octanol–water partition coefficient (Wildman–Crippen LogP) is -0.106. The first-order valence-electron chi connectivity index (χ1n) is 6.15. The van der Waals surface area contributed by atoms with E-state index in [9.17, 15) is 8.42 Å². The van der Waals surface area contributed by atoms with E-state index in [1.54, 1.807) is 14.1 Å². The number of nitrogens with zero attached hydrogens (tertiary/aromatic N) is 1. The van der Waals surface area contributed by atoms with Gasteiger partial charge in [-0.3, -0.25) is 0 Å². The van der Waals surface area contributed by atoms with Gasteiger partial charge in [0, 0.05) is 33.9 Å². The third-order valence-corrected chi connectivity index (χ3v) is 6.13. The van der Waals surface area contributed by atoms with Gasteiger partial charge < -0.3 is 10.1 Å². The SMILES string of the molecule is CN(C)S(=O)(=O)CC1CNCC12CCOCC2. The molecule has 100 valence electrons. The van der Waals surface area contributed by atoms with Gasteiger partial charge in [0.2, 0.25) is 10.0 Å². The fourth-order valence-corrected chi connectivity index (χ4v) is 4.14. The lowest BCUT2D eigenvalue weighted by molar-refractivity contribution is 0.00668. The zero-order valence-corrected chi connectivity index (χ0v) is 11.4. The Morgan fingerprint density at radius 2 is 2.00 bits per heavy atom. The zero-order valence-electron chi connectivity index (χ0n) is 10.6. The summed E-state index contributed by atoms with van der Waals surface area (Å²) in [4.78, 5) is 0. The molecule has 2 heterocycles. The van der Waals surface area contributed by atoms with Crippen LogP contribution in [0.15, 0.2) is 0 Å². The van der Waals surface area contributed by atoms with Crippen LogP contribution in [0.1, 0.15) is 12.8 Å². The van der Waals surface area contributed by atoms with Crippen LogP contribution in [-0.2, 0) is 14.8 Å². The highest BCUT2D eigenvalue weighted by Crippen LogP contribution is 2.41. The molecule has 0 saturated carbocycles. The first kappa shape index (κ1) is 13.3. The molecule has 2 saturated heterocycles. The maximum absolute atomic E-state index is 12.0. The second-order valence-electron chi connectivity index (χ2n) is 5.36. The standard InChI is InChI=1S/C11H22N2O3S/c1-13(2)17(14,15)8-10-7-12-9-11(10)3-5-16-6-4-11/h10,12H,3-9H2,1-2H3. The van der Waals surface area contributed by atoms with E-state index in [1.807, 2.05) is 0 Å². The third-order valence-electron chi connectivity index (χ3n) is 4.19. The van der Waals surface area contributed by atoms with Crippen molar-refractivity contribution in [3.63, 3.8) is 0 Å². The molecule has 2 rings (SSSR count). The van der Waals surface area contributed by atoms with Gasteiger partial charge in [0.15, 0.2) is 0 Å². The maximum atomic E-state index is 12.0. The van der Waals surface area contributed by atoms with Gasteiger partial charge in [0.1, 0.15) is 0 Å². The number of ether oxygens (including phenoxy) is 1. The topological polar surface area (TPSA) is 58.6 Å². The first-order valence-corrected chi connectivity index (χ1v) is 7.76. The molecule has 0 amide bonds. The Hall–Kier alpha value is -0.170. The van der Waals surface area contributed by atoms with E-state index in [-0.39, 0.29) is 17.1 Å². The van der Waals surface area contributed by atoms with Gasteiger partial charge in [0.25, 0.3) is 0 Å². The molecule has 2 aliphatic heterocycles. The minimum Gasteiger partial charge on any atom is -0.381 e. The lowest BCUT2D eigenvalue weighted by Crippen LogP contribution is -2.41. The molecule has 1 atom stereocenters. The number of rotatable bonds is 3. The van der Waals surface area contributed by atoms with Crippen molar-refractivity contribution >= 4 is 10.0 Å². The lowest BCUT2D eigenvalue weighted by Gasteiger charge is -2.38. The Morgan fingerprint density at radius 3 is 2.59 bits per heavy atom. The Morgan fingerprint density at radius 1 is 1.35 bits per heavy atom. The summed E-state index contributed by atoms with van der Waals surface area (Å²) < 4.78 is 30.7. The smallest absolute Gasteiger partial charge is 0.213 e. The van der Waals surface area contributed by atoms with E-state index in [0.29, 0.717) is 0 Å². The van der Waals surface area contributed by atoms with Crippen molar-refractivity contribution in [1.82, 2.24) is 9.62 Å². The predicted molar refractivity (Wildman–Crippen MR) is 66.3 cm³/mol. The average Bonchev–Trinajstić information content (AvgIpc) is 2.62. The van der Waals surface area contributed by atoms with Crippen LogP contribution in [-0.4, -0.2) is 58.9 Å². The highest BCUT2D eigenvalue weighted by atomic mass is 32.2. The fourth-order valence-electron chi connectivity index (χ4n) is 2.86. The van der Waals surface area contributed by atoms with E-state index in [1.165, 1.54) is 4.31 Å². The Kier molecular flexibility index (Phi) is 3.77. The fraction of sp³-hybridized carbons (Fsp3) is 1.00. The van der Waals surface area contributed by atoms with Gasteiger partial charge in [-0.1, -0.05) is 0 Å². The van der Waals surface area contributed by atoms with Crippen molar-refractivity contribution < 1.29 is 13.2 Å². The Bertz CT molecular complexity index is 361. The van der Waals surface area contributed by atoms with Crippen LogP contribution in [0.25, 0.3) is 0 Å². The number of sulfonamides is 1. The largest absolute Gasteiger partial charge is 0.381 e. The number of nitrogens with one attached hydrogen (secondary N) is 1. The molecule has 1 unspecified atom stereocenters. The molecular formula is C11H22N2O3S. The summed E-state index contributed by atoms with van der Waals surface area (Å²) in [6.45, 7) is 3.28. The average molecular weight is 262 g/mol. The molecule has 6 heteroatoms. The first-order chi connectivity index (χ1) is 7.96. The molecule has 0 aromatic carbocycles. The summed E-state index contributed by atoms with van der Waals surface area (Å²) in [7, 11) is 0.107. The Balaban J connectivity index is 2.10. The van der Waals surface area contributed by atoms with Gasteiger partial charge in [-0.2, -0.15) is 0 Å². The summed E-state index contributed by atoms with van der Waals surface area (Å²) in [6, 6.07) is 0. The molecule has 0 aromatic rings. The Labute approximate surface area is 104 Å². The van der Waals surface area contributed by atoms with Crippen molar-refractivity contribution in [3.8, 4) is 0 Å². The van der Waals surface area contributed by atoms with Crippen molar-refractivity contribution in [2.24, 2.45) is 11.3 Å². The number of hydrogen-bond acceptors (Lipinski definition) is 4. The molecule has 2 aliphatic rings. The minimum absolute atomic E-state index is 0.140. The molecule has 0 bridgehead atoms. The van der Waals surface area contributed by atoms with Crippen molar-refractivity contribution in [1.29, 1.82) is 0 Å². The highest BCUT2D eigenvalue weighted by Gasteiger charge is 2.45. The molecule has 17 heavy (non-hydrogen) atoms. The maximum Gasteiger partial charge on any atom is 0.213 e. The molecule has 1 N–H and O–H groups in total. The van der Waals surface area contributed by atoms with Crippen LogP contribution in [0.5, 0.6) is 0 Å². The molecule has 2 fully saturated rings. The summed E-state index contributed by atoms with van der Waals surface area (Å²) in [5.41, 5.74) is 0.140. The normalized spacial score (nSPS) is 29.0. The third kappa shape index (κ3) is 2.65. The van der Waals surface area contributed by atoms with E-state index >= 15 is 0 Å². The quantitative estimate of drug-likeness (QED) is 0.771. The molecular weight excluding hydrogens is 240 g/mol. The van der Waals surface area contributed by atoms with Gasteiger partial charge in [-0.25, -0.2) is 12.7 Å². The summed E-state index contributed by atoms with van der Waals surface area (Å²) >= 11 is 0. The van der Waals surface area contributed by atoms with E-state index in [0.717, 1.165) is 39.1 Å². The zero-order chi connectivity index (χ0) is 12.5. The molecule has 1 spiro atoms. The second kappa shape index (κ2) is 4.84. The van der Waals surface area contributed by atoms with Gasteiger partial charge in [-0.05, 0) is 30.7 Å². The van der Waals surface area contributed by atoms with Crippen LogP contribution < -0.4 is 5.32 Å². The van der Waals surface area contributed by atoms with E-state index < -0.39 is 10.0 Å². The van der Waals surface area contributed by atoms with Crippen LogP contribution in [0, 0.1) is 11.3 Å².